The van der Waals surface area contributed by atoms with Gasteiger partial charge in [0.05, 0.1) is 11.6 Å². The van der Waals surface area contributed by atoms with Crippen LogP contribution in [0.1, 0.15) is 5.56 Å². The second-order valence-corrected chi connectivity index (χ2v) is 3.82. The third-order valence-electron chi connectivity index (χ3n) is 2.34. The summed E-state index contributed by atoms with van der Waals surface area (Å²) in [7, 11) is 0. The first-order chi connectivity index (χ1) is 8.13. The van der Waals surface area contributed by atoms with E-state index in [9.17, 15) is 8.78 Å². The fourth-order valence-electron chi connectivity index (χ4n) is 1.51. The predicted molar refractivity (Wildman–Crippen MR) is 61.5 cm³/mol. The molecule has 2 aromatic rings. The topological polar surface area (TPSA) is 23.8 Å². The molecule has 0 saturated heterocycles. The van der Waals surface area contributed by atoms with Gasteiger partial charge in [0.15, 0.2) is 11.6 Å². The molecule has 1 nitrogen and oxygen atoms in total. The summed E-state index contributed by atoms with van der Waals surface area (Å²) < 4.78 is 26.7. The molecule has 0 aliphatic rings. The maximum atomic E-state index is 13.6. The lowest BCUT2D eigenvalue weighted by atomic mass is 10.0. The van der Waals surface area contributed by atoms with Crippen LogP contribution in [0, 0.1) is 23.0 Å². The molecule has 0 atom stereocenters. The standard InChI is InChI=1S/C13H6ClF2N/c14-11-5-4-8(7-17)6-10(11)9-2-1-3-12(15)13(9)16/h1-6H. The van der Waals surface area contributed by atoms with E-state index in [1.807, 2.05) is 6.07 Å². The van der Waals surface area contributed by atoms with Gasteiger partial charge in [-0.2, -0.15) is 5.26 Å². The number of rotatable bonds is 1. The summed E-state index contributed by atoms with van der Waals surface area (Å²) in [6.45, 7) is 0. The van der Waals surface area contributed by atoms with Crippen molar-refractivity contribution in [3.05, 3.63) is 58.6 Å². The fraction of sp³-hybridized carbons (Fsp3) is 0. The number of benzene rings is 2. The second-order valence-electron chi connectivity index (χ2n) is 3.41. The Hall–Kier alpha value is -1.92. The van der Waals surface area contributed by atoms with Gasteiger partial charge in [0.1, 0.15) is 0 Å². The zero-order chi connectivity index (χ0) is 12.4. The van der Waals surface area contributed by atoms with Gasteiger partial charge in [-0.3, -0.25) is 0 Å². The first kappa shape index (κ1) is 11.6. The van der Waals surface area contributed by atoms with Crippen LogP contribution in [-0.4, -0.2) is 0 Å². The van der Waals surface area contributed by atoms with Crippen LogP contribution in [0.3, 0.4) is 0 Å². The Kier molecular flexibility index (Phi) is 3.08. The van der Waals surface area contributed by atoms with Crippen molar-refractivity contribution in [3.8, 4) is 17.2 Å². The molecule has 0 unspecified atom stereocenters. The van der Waals surface area contributed by atoms with Crippen molar-refractivity contribution in [3.63, 3.8) is 0 Å². The van der Waals surface area contributed by atoms with Crippen LogP contribution in [0.4, 0.5) is 8.78 Å². The maximum Gasteiger partial charge on any atom is 0.166 e. The summed E-state index contributed by atoms with van der Waals surface area (Å²) in [5.74, 6) is -1.91. The molecule has 2 aromatic carbocycles. The minimum Gasteiger partial charge on any atom is -0.204 e. The first-order valence-electron chi connectivity index (χ1n) is 4.77. The molecule has 0 fully saturated rings. The van der Waals surface area contributed by atoms with E-state index in [-0.39, 0.29) is 10.6 Å². The lowest BCUT2D eigenvalue weighted by Crippen LogP contribution is -1.90. The van der Waals surface area contributed by atoms with Crippen molar-refractivity contribution in [1.82, 2.24) is 0 Å². The van der Waals surface area contributed by atoms with E-state index in [4.69, 9.17) is 16.9 Å². The SMILES string of the molecule is N#Cc1ccc(Cl)c(-c2cccc(F)c2F)c1. The van der Waals surface area contributed by atoms with Crippen molar-refractivity contribution in [2.45, 2.75) is 0 Å². The van der Waals surface area contributed by atoms with Crippen LogP contribution < -0.4 is 0 Å². The number of nitrogens with zero attached hydrogens (tertiary/aromatic N) is 1. The van der Waals surface area contributed by atoms with Crippen LogP contribution in [0.5, 0.6) is 0 Å². The molecule has 4 heteroatoms. The second kappa shape index (κ2) is 4.52. The lowest BCUT2D eigenvalue weighted by molar-refractivity contribution is 0.511. The predicted octanol–water partition coefficient (Wildman–Crippen LogP) is 4.16. The molecule has 2 rings (SSSR count). The molecule has 0 radical (unpaired) electrons. The van der Waals surface area contributed by atoms with Gasteiger partial charge in [-0.1, -0.05) is 23.7 Å². The molecule has 0 aliphatic heterocycles. The molecule has 0 heterocycles. The molecule has 0 N–H and O–H groups in total. The van der Waals surface area contributed by atoms with Crippen LogP contribution in [0.15, 0.2) is 36.4 Å². The van der Waals surface area contributed by atoms with E-state index in [0.29, 0.717) is 11.1 Å². The molecule has 84 valence electrons. The Balaban J connectivity index is 2.68. The average Bonchev–Trinajstić information content (AvgIpc) is 2.34. The molecule has 0 spiro atoms. The van der Waals surface area contributed by atoms with E-state index < -0.39 is 11.6 Å². The Bertz CT molecular complexity index is 617. The highest BCUT2D eigenvalue weighted by molar-refractivity contribution is 6.33. The van der Waals surface area contributed by atoms with Crippen molar-refractivity contribution < 1.29 is 8.78 Å². The zero-order valence-electron chi connectivity index (χ0n) is 8.55. The highest BCUT2D eigenvalue weighted by atomic mass is 35.5. The molecule has 0 bridgehead atoms. The van der Waals surface area contributed by atoms with E-state index in [2.05, 4.69) is 0 Å². The van der Waals surface area contributed by atoms with Crippen LogP contribution in [0.25, 0.3) is 11.1 Å². The summed E-state index contributed by atoms with van der Waals surface area (Å²) in [5.41, 5.74) is 0.697. The highest BCUT2D eigenvalue weighted by Crippen LogP contribution is 2.31. The molecule has 0 saturated carbocycles. The Labute approximate surface area is 102 Å². The maximum absolute atomic E-state index is 13.6. The third-order valence-corrected chi connectivity index (χ3v) is 2.67. The third kappa shape index (κ3) is 2.13. The van der Waals surface area contributed by atoms with E-state index in [1.165, 1.54) is 30.3 Å². The summed E-state index contributed by atoms with van der Waals surface area (Å²) in [5, 5.41) is 9.03. The van der Waals surface area contributed by atoms with Crippen molar-refractivity contribution in [2.75, 3.05) is 0 Å². The number of nitriles is 1. The molecule has 0 aromatic heterocycles. The molecular formula is C13H6ClF2N. The summed E-state index contributed by atoms with van der Waals surface area (Å²) in [6, 6.07) is 10.2. The number of hydrogen-bond donors (Lipinski definition) is 0. The van der Waals surface area contributed by atoms with Crippen LogP contribution in [0.2, 0.25) is 5.02 Å². The minimum atomic E-state index is -0.968. The van der Waals surface area contributed by atoms with E-state index in [1.54, 1.807) is 0 Å². The van der Waals surface area contributed by atoms with Gasteiger partial charge < -0.3 is 0 Å². The lowest BCUT2D eigenvalue weighted by Gasteiger charge is -2.06. The van der Waals surface area contributed by atoms with Crippen molar-refractivity contribution in [2.24, 2.45) is 0 Å². The molecular weight excluding hydrogens is 244 g/mol. The molecule has 17 heavy (non-hydrogen) atoms. The minimum absolute atomic E-state index is 0.0482. The quantitative estimate of drug-likeness (QED) is 0.745. The van der Waals surface area contributed by atoms with Gasteiger partial charge in [-0.25, -0.2) is 8.78 Å². The summed E-state index contributed by atoms with van der Waals surface area (Å²) in [4.78, 5) is 0. The monoisotopic (exact) mass is 249 g/mol. The first-order valence-corrected chi connectivity index (χ1v) is 5.15. The Morgan fingerprint density at radius 2 is 1.82 bits per heavy atom. The van der Waals surface area contributed by atoms with E-state index >= 15 is 0 Å². The van der Waals surface area contributed by atoms with Gasteiger partial charge in [0, 0.05) is 16.1 Å². The largest absolute Gasteiger partial charge is 0.204 e. The average molecular weight is 250 g/mol. The van der Waals surface area contributed by atoms with Crippen molar-refractivity contribution in [1.29, 1.82) is 5.26 Å². The van der Waals surface area contributed by atoms with Gasteiger partial charge >= 0.3 is 0 Å². The van der Waals surface area contributed by atoms with Gasteiger partial charge in [0.25, 0.3) is 0 Å². The van der Waals surface area contributed by atoms with Crippen molar-refractivity contribution >= 4 is 11.6 Å². The summed E-state index contributed by atoms with van der Waals surface area (Å²) >= 11 is 5.91. The highest BCUT2D eigenvalue weighted by Gasteiger charge is 2.12. The van der Waals surface area contributed by atoms with Gasteiger partial charge in [-0.15, -0.1) is 0 Å². The number of hydrogen-bond acceptors (Lipinski definition) is 1. The number of halogens is 3. The van der Waals surface area contributed by atoms with Crippen LogP contribution in [-0.2, 0) is 0 Å². The normalized spacial score (nSPS) is 10.0. The van der Waals surface area contributed by atoms with E-state index in [0.717, 1.165) is 6.07 Å². The summed E-state index contributed by atoms with van der Waals surface area (Å²) in [6.07, 6.45) is 0. The fourth-order valence-corrected chi connectivity index (χ4v) is 1.73. The Morgan fingerprint density at radius 1 is 1.06 bits per heavy atom. The Morgan fingerprint density at radius 3 is 2.53 bits per heavy atom. The molecule has 0 amide bonds. The van der Waals surface area contributed by atoms with Gasteiger partial charge in [-0.05, 0) is 24.3 Å². The smallest absolute Gasteiger partial charge is 0.166 e. The van der Waals surface area contributed by atoms with Gasteiger partial charge in [0.2, 0.25) is 0 Å². The molecule has 0 aliphatic carbocycles. The zero-order valence-corrected chi connectivity index (χ0v) is 9.30. The van der Waals surface area contributed by atoms with Crippen LogP contribution >= 0.6 is 11.6 Å².